The lowest BCUT2D eigenvalue weighted by Gasteiger charge is -2.34. The van der Waals surface area contributed by atoms with Crippen molar-refractivity contribution in [1.29, 1.82) is 0 Å². The lowest BCUT2D eigenvalue weighted by molar-refractivity contribution is -0.117. The summed E-state index contributed by atoms with van der Waals surface area (Å²) in [4.78, 5) is 23.1. The standard InChI is InChI=1S/C14H22O.C9H8O/c1-9-13(2,3)10-7-6-8-11(15)12(10)14(9,4)5;10-9-6-5-7-3-1-2-4-8(7)9/h9H,6-8H2,1-5H3;1-4H,5-6H2. The molecule has 0 radical (unpaired) electrons. The second kappa shape index (κ2) is 6.23. The fourth-order valence-electron chi connectivity index (χ4n) is 5.01. The molecule has 25 heavy (non-hydrogen) atoms. The Morgan fingerprint density at radius 3 is 2.16 bits per heavy atom. The molecular weight excluding hydrogens is 308 g/mol. The summed E-state index contributed by atoms with van der Waals surface area (Å²) in [7, 11) is 0. The van der Waals surface area contributed by atoms with Gasteiger partial charge in [0.1, 0.15) is 0 Å². The van der Waals surface area contributed by atoms with E-state index in [4.69, 9.17) is 0 Å². The number of aryl methyl sites for hydroxylation is 1. The lowest BCUT2D eigenvalue weighted by Crippen LogP contribution is -2.29. The van der Waals surface area contributed by atoms with Gasteiger partial charge in [-0.1, -0.05) is 64.5 Å². The first kappa shape index (κ1) is 18.1. The average Bonchev–Trinajstić information content (AvgIpc) is 3.01. The van der Waals surface area contributed by atoms with E-state index >= 15 is 0 Å². The van der Waals surface area contributed by atoms with E-state index in [0.29, 0.717) is 23.9 Å². The Balaban J connectivity index is 0.000000157. The quantitative estimate of drug-likeness (QED) is 0.621. The van der Waals surface area contributed by atoms with E-state index < -0.39 is 0 Å². The van der Waals surface area contributed by atoms with Gasteiger partial charge >= 0.3 is 0 Å². The molecule has 1 unspecified atom stereocenters. The molecule has 134 valence electrons. The second-order valence-corrected chi connectivity index (χ2v) is 8.88. The molecule has 0 saturated carbocycles. The highest BCUT2D eigenvalue weighted by Crippen LogP contribution is 2.59. The van der Waals surface area contributed by atoms with Crippen LogP contribution in [0.2, 0.25) is 0 Å². The number of hydrogen-bond donors (Lipinski definition) is 0. The first-order chi connectivity index (χ1) is 11.7. The van der Waals surface area contributed by atoms with Gasteiger partial charge < -0.3 is 0 Å². The van der Waals surface area contributed by atoms with E-state index in [1.807, 2.05) is 24.3 Å². The van der Waals surface area contributed by atoms with Gasteiger partial charge in [0.15, 0.2) is 11.6 Å². The zero-order valence-corrected chi connectivity index (χ0v) is 16.2. The van der Waals surface area contributed by atoms with Crippen molar-refractivity contribution in [2.45, 2.75) is 66.7 Å². The lowest BCUT2D eigenvalue weighted by atomic mass is 9.69. The summed E-state index contributed by atoms with van der Waals surface area (Å²) in [5.41, 5.74) is 5.07. The van der Waals surface area contributed by atoms with Crippen molar-refractivity contribution >= 4 is 11.6 Å². The molecule has 1 atom stereocenters. The van der Waals surface area contributed by atoms with Crippen LogP contribution in [0, 0.1) is 16.7 Å². The van der Waals surface area contributed by atoms with Crippen LogP contribution in [-0.4, -0.2) is 11.6 Å². The highest BCUT2D eigenvalue weighted by atomic mass is 16.1. The fourth-order valence-corrected chi connectivity index (χ4v) is 5.01. The minimum absolute atomic E-state index is 0.0797. The van der Waals surface area contributed by atoms with E-state index in [9.17, 15) is 9.59 Å². The second-order valence-electron chi connectivity index (χ2n) is 8.88. The summed E-state index contributed by atoms with van der Waals surface area (Å²) in [6, 6.07) is 7.84. The molecule has 0 spiro atoms. The van der Waals surface area contributed by atoms with Gasteiger partial charge in [-0.2, -0.15) is 0 Å². The molecule has 0 aliphatic heterocycles. The minimum atomic E-state index is 0.0797. The Kier molecular flexibility index (Phi) is 4.51. The number of carbonyl (C=O) groups excluding carboxylic acids is 2. The van der Waals surface area contributed by atoms with Crippen LogP contribution in [0.25, 0.3) is 0 Å². The van der Waals surface area contributed by atoms with Crippen LogP contribution >= 0.6 is 0 Å². The molecule has 0 amide bonds. The Morgan fingerprint density at radius 2 is 1.52 bits per heavy atom. The zero-order chi connectivity index (χ0) is 18.4. The number of ketones is 2. The Labute approximate surface area is 151 Å². The first-order valence-corrected chi connectivity index (χ1v) is 9.55. The third-order valence-corrected chi connectivity index (χ3v) is 6.94. The third-order valence-electron chi connectivity index (χ3n) is 6.94. The van der Waals surface area contributed by atoms with Crippen LogP contribution in [0.15, 0.2) is 35.4 Å². The van der Waals surface area contributed by atoms with Gasteiger partial charge in [0, 0.05) is 24.0 Å². The molecule has 2 nitrogen and oxygen atoms in total. The third kappa shape index (κ3) is 2.90. The molecule has 1 aromatic carbocycles. The molecule has 0 N–H and O–H groups in total. The highest BCUT2D eigenvalue weighted by molar-refractivity contribution is 6.00. The van der Waals surface area contributed by atoms with Crippen LogP contribution in [-0.2, 0) is 11.2 Å². The summed E-state index contributed by atoms with van der Waals surface area (Å²) in [5.74, 6) is 1.28. The van der Waals surface area contributed by atoms with Crippen molar-refractivity contribution < 1.29 is 9.59 Å². The van der Waals surface area contributed by atoms with Crippen molar-refractivity contribution in [2.75, 3.05) is 0 Å². The van der Waals surface area contributed by atoms with Gasteiger partial charge in [-0.25, -0.2) is 0 Å². The van der Waals surface area contributed by atoms with E-state index in [-0.39, 0.29) is 10.8 Å². The van der Waals surface area contributed by atoms with Crippen molar-refractivity contribution in [3.63, 3.8) is 0 Å². The maximum Gasteiger partial charge on any atom is 0.163 e. The average molecular weight is 338 g/mol. The largest absolute Gasteiger partial charge is 0.295 e. The van der Waals surface area contributed by atoms with E-state index in [0.717, 1.165) is 31.2 Å². The normalized spacial score (nSPS) is 26.0. The van der Waals surface area contributed by atoms with Gasteiger partial charge in [0.25, 0.3) is 0 Å². The molecule has 4 rings (SSSR count). The molecule has 0 heterocycles. The van der Waals surface area contributed by atoms with Gasteiger partial charge in [-0.3, -0.25) is 9.59 Å². The van der Waals surface area contributed by atoms with Crippen LogP contribution in [0.1, 0.15) is 76.2 Å². The monoisotopic (exact) mass is 338 g/mol. The maximum atomic E-state index is 12.1. The topological polar surface area (TPSA) is 34.1 Å². The molecule has 0 saturated heterocycles. The Morgan fingerprint density at radius 1 is 0.840 bits per heavy atom. The Bertz CT molecular complexity index is 749. The predicted molar refractivity (Wildman–Crippen MR) is 102 cm³/mol. The van der Waals surface area contributed by atoms with Gasteiger partial charge in [0.05, 0.1) is 0 Å². The van der Waals surface area contributed by atoms with E-state index in [2.05, 4.69) is 34.6 Å². The maximum absolute atomic E-state index is 12.1. The van der Waals surface area contributed by atoms with Crippen LogP contribution in [0.5, 0.6) is 0 Å². The molecule has 0 bridgehead atoms. The molecule has 0 fully saturated rings. The summed E-state index contributed by atoms with van der Waals surface area (Å²) in [6.07, 6.45) is 4.62. The molecule has 0 aromatic heterocycles. The minimum Gasteiger partial charge on any atom is -0.295 e. The van der Waals surface area contributed by atoms with Crippen LogP contribution < -0.4 is 0 Å². The summed E-state index contributed by atoms with van der Waals surface area (Å²) in [5, 5.41) is 0. The zero-order valence-electron chi connectivity index (χ0n) is 16.2. The summed E-state index contributed by atoms with van der Waals surface area (Å²) >= 11 is 0. The molecule has 1 aromatic rings. The highest BCUT2D eigenvalue weighted by Gasteiger charge is 2.52. The number of benzene rings is 1. The number of rotatable bonds is 0. The van der Waals surface area contributed by atoms with Gasteiger partial charge in [0.2, 0.25) is 0 Å². The van der Waals surface area contributed by atoms with E-state index in [1.165, 1.54) is 16.7 Å². The van der Waals surface area contributed by atoms with Crippen LogP contribution in [0.3, 0.4) is 0 Å². The number of fused-ring (bicyclic) bond motifs is 1. The van der Waals surface area contributed by atoms with Crippen molar-refractivity contribution in [1.82, 2.24) is 0 Å². The fraction of sp³-hybridized carbons (Fsp3) is 0.565. The van der Waals surface area contributed by atoms with Crippen molar-refractivity contribution in [3.8, 4) is 0 Å². The molecule has 3 aliphatic rings. The van der Waals surface area contributed by atoms with Crippen LogP contribution in [0.4, 0.5) is 0 Å². The van der Waals surface area contributed by atoms with Gasteiger partial charge in [-0.15, -0.1) is 0 Å². The molecular formula is C23H30O2. The van der Waals surface area contributed by atoms with Crippen molar-refractivity contribution in [3.05, 3.63) is 46.5 Å². The predicted octanol–water partition coefficient (Wildman–Crippen LogP) is 5.55. The molecule has 2 heteroatoms. The number of hydrogen-bond acceptors (Lipinski definition) is 2. The van der Waals surface area contributed by atoms with Crippen molar-refractivity contribution in [2.24, 2.45) is 16.7 Å². The van der Waals surface area contributed by atoms with E-state index in [1.54, 1.807) is 0 Å². The number of Topliss-reactive ketones (excluding diaryl/α,β-unsaturated/α-hetero) is 2. The Hall–Kier alpha value is -1.70. The summed E-state index contributed by atoms with van der Waals surface area (Å²) < 4.78 is 0. The first-order valence-electron chi connectivity index (χ1n) is 9.55. The number of carbonyl (C=O) groups is 2. The SMILES string of the molecule is CC1C(C)(C)C2=C(C(=O)CCC2)C1(C)C.O=C1CCc2ccccc21. The van der Waals surface area contributed by atoms with Gasteiger partial charge in [-0.05, 0) is 41.6 Å². The summed E-state index contributed by atoms with van der Waals surface area (Å²) in [6.45, 7) is 11.4. The smallest absolute Gasteiger partial charge is 0.163 e. The molecule has 3 aliphatic carbocycles. The number of allylic oxidation sites excluding steroid dienone is 2.